The van der Waals surface area contributed by atoms with Crippen LogP contribution in [0, 0.1) is 5.82 Å². The third-order valence-electron chi connectivity index (χ3n) is 3.10. The molecule has 0 heterocycles. The molecule has 0 aliphatic rings. The van der Waals surface area contributed by atoms with Crippen molar-refractivity contribution in [3.05, 3.63) is 66.0 Å². The number of hydrogen-bond acceptors (Lipinski definition) is 2. The van der Waals surface area contributed by atoms with Gasteiger partial charge in [0.2, 0.25) is 5.91 Å². The molecule has 0 aromatic heterocycles. The van der Waals surface area contributed by atoms with Gasteiger partial charge in [0.05, 0.1) is 0 Å². The number of carbonyl (C=O) groups excluding carboxylic acids is 1. The maximum atomic E-state index is 13.4. The fraction of sp³-hybridized carbons (Fsp3) is 0.235. The molecule has 0 atom stereocenters. The van der Waals surface area contributed by atoms with Crippen LogP contribution in [-0.2, 0) is 11.3 Å². The second kappa shape index (κ2) is 7.84. The van der Waals surface area contributed by atoms with Gasteiger partial charge < -0.3 is 4.90 Å². The van der Waals surface area contributed by atoms with Crippen LogP contribution in [0.3, 0.4) is 0 Å². The first-order chi connectivity index (χ1) is 10.2. The minimum Gasteiger partial charge on any atom is -0.341 e. The summed E-state index contributed by atoms with van der Waals surface area (Å²) in [6.45, 7) is 0.601. The Bertz CT molecular complexity index is 588. The van der Waals surface area contributed by atoms with Gasteiger partial charge in [0.15, 0.2) is 0 Å². The summed E-state index contributed by atoms with van der Waals surface area (Å²) in [5.41, 5.74) is 1.11. The summed E-state index contributed by atoms with van der Waals surface area (Å²) in [5, 5.41) is 0. The summed E-state index contributed by atoms with van der Waals surface area (Å²) in [5.74, 6) is 0.425. The first-order valence-corrected chi connectivity index (χ1v) is 7.80. The summed E-state index contributed by atoms with van der Waals surface area (Å²) in [6.07, 6.45) is 0.405. The van der Waals surface area contributed by atoms with Crippen LogP contribution in [0.4, 0.5) is 4.39 Å². The number of hydrogen-bond donors (Lipinski definition) is 0. The minimum absolute atomic E-state index is 0.0719. The van der Waals surface area contributed by atoms with Gasteiger partial charge in [-0.25, -0.2) is 4.39 Å². The predicted octanol–water partition coefficient (Wildman–Crippen LogP) is 3.97. The van der Waals surface area contributed by atoms with Crippen LogP contribution in [0.2, 0.25) is 0 Å². The van der Waals surface area contributed by atoms with Gasteiger partial charge in [0.1, 0.15) is 5.82 Å². The second-order valence-electron chi connectivity index (χ2n) is 4.76. The van der Waals surface area contributed by atoms with E-state index in [1.165, 1.54) is 17.8 Å². The molecule has 2 aromatic rings. The number of amides is 1. The van der Waals surface area contributed by atoms with Crippen molar-refractivity contribution in [3.63, 3.8) is 0 Å². The minimum atomic E-state index is -0.229. The molecule has 0 bridgehead atoms. The molecule has 0 fully saturated rings. The SMILES string of the molecule is CN(Cc1ccccc1)C(=O)CCSc1ccccc1F. The van der Waals surface area contributed by atoms with E-state index in [2.05, 4.69) is 0 Å². The number of nitrogens with zero attached hydrogens (tertiary/aromatic N) is 1. The third kappa shape index (κ3) is 4.90. The molecule has 2 aromatic carbocycles. The molecular weight excluding hydrogens is 285 g/mol. The Hall–Kier alpha value is -1.81. The monoisotopic (exact) mass is 303 g/mol. The molecule has 1 amide bonds. The van der Waals surface area contributed by atoms with E-state index < -0.39 is 0 Å². The highest BCUT2D eigenvalue weighted by Gasteiger charge is 2.10. The Kier molecular flexibility index (Phi) is 5.81. The molecule has 0 N–H and O–H groups in total. The zero-order valence-corrected chi connectivity index (χ0v) is 12.8. The van der Waals surface area contributed by atoms with Gasteiger partial charge in [-0.3, -0.25) is 4.79 Å². The first kappa shape index (κ1) is 15.6. The lowest BCUT2D eigenvalue weighted by Crippen LogP contribution is -2.26. The van der Waals surface area contributed by atoms with Gasteiger partial charge in [0, 0.05) is 30.7 Å². The van der Waals surface area contributed by atoms with Gasteiger partial charge in [-0.1, -0.05) is 42.5 Å². The van der Waals surface area contributed by atoms with E-state index in [0.717, 1.165) is 5.56 Å². The Balaban J connectivity index is 1.78. The van der Waals surface area contributed by atoms with Crippen molar-refractivity contribution < 1.29 is 9.18 Å². The molecule has 0 aliphatic carbocycles. The number of thioether (sulfide) groups is 1. The number of rotatable bonds is 6. The zero-order valence-electron chi connectivity index (χ0n) is 12.0. The number of halogens is 1. The Morgan fingerprint density at radius 3 is 2.48 bits per heavy atom. The maximum absolute atomic E-state index is 13.4. The summed E-state index contributed by atoms with van der Waals surface area (Å²) in [4.78, 5) is 14.3. The lowest BCUT2D eigenvalue weighted by atomic mass is 10.2. The van der Waals surface area contributed by atoms with Crippen molar-refractivity contribution in [2.75, 3.05) is 12.8 Å². The van der Waals surface area contributed by atoms with Crippen LogP contribution >= 0.6 is 11.8 Å². The van der Waals surface area contributed by atoms with Gasteiger partial charge in [-0.2, -0.15) is 0 Å². The lowest BCUT2D eigenvalue weighted by molar-refractivity contribution is -0.129. The standard InChI is InChI=1S/C17H18FNOS/c1-19(13-14-7-3-2-4-8-14)17(20)11-12-21-16-10-6-5-9-15(16)18/h2-10H,11-13H2,1H3. The molecule has 0 saturated carbocycles. The normalized spacial score (nSPS) is 10.4. The summed E-state index contributed by atoms with van der Waals surface area (Å²) < 4.78 is 13.4. The van der Waals surface area contributed by atoms with Crippen LogP contribution < -0.4 is 0 Å². The van der Waals surface area contributed by atoms with E-state index in [9.17, 15) is 9.18 Å². The molecule has 0 spiro atoms. The highest BCUT2D eigenvalue weighted by Crippen LogP contribution is 2.22. The molecule has 0 saturated heterocycles. The van der Waals surface area contributed by atoms with E-state index in [0.29, 0.717) is 23.6 Å². The topological polar surface area (TPSA) is 20.3 Å². The van der Waals surface area contributed by atoms with E-state index in [-0.39, 0.29) is 11.7 Å². The highest BCUT2D eigenvalue weighted by atomic mass is 32.2. The second-order valence-corrected chi connectivity index (χ2v) is 5.90. The smallest absolute Gasteiger partial charge is 0.223 e. The maximum Gasteiger partial charge on any atom is 0.223 e. The molecule has 0 aliphatic heterocycles. The van der Waals surface area contributed by atoms with Crippen LogP contribution in [0.25, 0.3) is 0 Å². The van der Waals surface area contributed by atoms with Crippen molar-refractivity contribution in [2.24, 2.45) is 0 Å². The molecule has 0 radical (unpaired) electrons. The average Bonchev–Trinajstić information content (AvgIpc) is 2.50. The highest BCUT2D eigenvalue weighted by molar-refractivity contribution is 7.99. The first-order valence-electron chi connectivity index (χ1n) is 6.82. The fourth-order valence-electron chi connectivity index (χ4n) is 1.95. The molecule has 4 heteroatoms. The number of carbonyl (C=O) groups is 1. The van der Waals surface area contributed by atoms with E-state index in [1.54, 1.807) is 30.1 Å². The Morgan fingerprint density at radius 2 is 1.76 bits per heavy atom. The molecule has 21 heavy (non-hydrogen) atoms. The van der Waals surface area contributed by atoms with E-state index >= 15 is 0 Å². The van der Waals surface area contributed by atoms with Crippen molar-refractivity contribution in [2.45, 2.75) is 17.9 Å². The summed E-state index contributed by atoms with van der Waals surface area (Å²) >= 11 is 1.38. The van der Waals surface area contributed by atoms with Crippen LogP contribution in [0.15, 0.2) is 59.5 Å². The fourth-order valence-corrected chi connectivity index (χ4v) is 2.82. The van der Waals surface area contributed by atoms with Gasteiger partial charge in [-0.15, -0.1) is 11.8 Å². The molecule has 0 unspecified atom stereocenters. The van der Waals surface area contributed by atoms with Crippen molar-refractivity contribution in [1.82, 2.24) is 4.90 Å². The Morgan fingerprint density at radius 1 is 1.10 bits per heavy atom. The lowest BCUT2D eigenvalue weighted by Gasteiger charge is -2.17. The van der Waals surface area contributed by atoms with E-state index in [1.807, 2.05) is 30.3 Å². The van der Waals surface area contributed by atoms with Crippen LogP contribution in [0.1, 0.15) is 12.0 Å². The van der Waals surface area contributed by atoms with E-state index in [4.69, 9.17) is 0 Å². The summed E-state index contributed by atoms with van der Waals surface area (Å²) in [7, 11) is 1.79. The van der Waals surface area contributed by atoms with Gasteiger partial charge >= 0.3 is 0 Å². The van der Waals surface area contributed by atoms with Gasteiger partial charge in [0.25, 0.3) is 0 Å². The van der Waals surface area contributed by atoms with Crippen LogP contribution in [-0.4, -0.2) is 23.6 Å². The van der Waals surface area contributed by atoms with Crippen molar-refractivity contribution in [3.8, 4) is 0 Å². The average molecular weight is 303 g/mol. The van der Waals surface area contributed by atoms with Crippen molar-refractivity contribution >= 4 is 17.7 Å². The van der Waals surface area contributed by atoms with Crippen molar-refractivity contribution in [1.29, 1.82) is 0 Å². The number of benzene rings is 2. The predicted molar refractivity (Wildman–Crippen MR) is 84.7 cm³/mol. The molecule has 110 valence electrons. The molecule has 2 rings (SSSR count). The summed E-state index contributed by atoms with van der Waals surface area (Å²) in [6, 6.07) is 16.5. The third-order valence-corrected chi connectivity index (χ3v) is 4.15. The largest absolute Gasteiger partial charge is 0.341 e. The van der Waals surface area contributed by atoms with Gasteiger partial charge in [-0.05, 0) is 17.7 Å². The molecular formula is C17H18FNOS. The zero-order chi connectivity index (χ0) is 15.1. The Labute approximate surface area is 129 Å². The quantitative estimate of drug-likeness (QED) is 0.753. The molecule has 2 nitrogen and oxygen atoms in total. The van der Waals surface area contributed by atoms with Crippen LogP contribution in [0.5, 0.6) is 0 Å².